The Kier molecular flexibility index (Phi) is 4.28. The average molecular weight is 335 g/mol. The van der Waals surface area contributed by atoms with Gasteiger partial charge < -0.3 is 19.5 Å². The monoisotopic (exact) mass is 335 g/mol. The molecule has 1 aliphatic rings. The lowest BCUT2D eigenvalue weighted by Gasteiger charge is -2.07. The lowest BCUT2D eigenvalue weighted by molar-refractivity contribution is -0.119. The molecule has 0 spiro atoms. The summed E-state index contributed by atoms with van der Waals surface area (Å²) in [5.74, 6) is -2.21. The summed E-state index contributed by atoms with van der Waals surface area (Å²) in [6, 6.07) is 7.02. The zero-order valence-corrected chi connectivity index (χ0v) is 12.2. The summed E-state index contributed by atoms with van der Waals surface area (Å²) in [7, 11) is 0. The molecule has 1 heterocycles. The van der Waals surface area contributed by atoms with E-state index >= 15 is 0 Å². The molecule has 0 saturated heterocycles. The molecule has 24 heavy (non-hydrogen) atoms. The van der Waals surface area contributed by atoms with E-state index in [1.165, 1.54) is 12.1 Å². The van der Waals surface area contributed by atoms with Crippen molar-refractivity contribution >= 4 is 17.6 Å². The average Bonchev–Trinajstić information content (AvgIpc) is 2.99. The van der Waals surface area contributed by atoms with Gasteiger partial charge in [0.05, 0.1) is 5.56 Å². The maximum Gasteiger partial charge on any atom is 0.338 e. The van der Waals surface area contributed by atoms with Crippen LogP contribution < -0.4 is 14.8 Å². The molecule has 0 fully saturated rings. The van der Waals surface area contributed by atoms with Gasteiger partial charge in [0.2, 0.25) is 6.79 Å². The van der Waals surface area contributed by atoms with Gasteiger partial charge in [0.1, 0.15) is 11.6 Å². The summed E-state index contributed by atoms with van der Waals surface area (Å²) >= 11 is 0. The van der Waals surface area contributed by atoms with Crippen molar-refractivity contribution in [2.24, 2.45) is 0 Å². The first-order valence-electron chi connectivity index (χ1n) is 6.84. The van der Waals surface area contributed by atoms with Crippen molar-refractivity contribution in [3.8, 4) is 11.5 Å². The van der Waals surface area contributed by atoms with E-state index in [1.54, 1.807) is 6.07 Å². The highest BCUT2D eigenvalue weighted by Crippen LogP contribution is 2.32. The minimum absolute atomic E-state index is 0.0699. The fourth-order valence-electron chi connectivity index (χ4n) is 2.06. The molecule has 2 aromatic rings. The van der Waals surface area contributed by atoms with Crippen molar-refractivity contribution in [3.05, 3.63) is 53.6 Å². The van der Waals surface area contributed by atoms with Gasteiger partial charge in [0, 0.05) is 11.8 Å². The summed E-state index contributed by atoms with van der Waals surface area (Å²) in [4.78, 5) is 23.6. The largest absolute Gasteiger partial charge is 0.454 e. The molecule has 8 heteroatoms. The third-order valence-corrected chi connectivity index (χ3v) is 3.09. The quantitative estimate of drug-likeness (QED) is 0.869. The first-order valence-corrected chi connectivity index (χ1v) is 6.84. The molecule has 0 atom stereocenters. The van der Waals surface area contributed by atoms with Crippen LogP contribution in [0.25, 0.3) is 0 Å². The van der Waals surface area contributed by atoms with Crippen molar-refractivity contribution in [1.29, 1.82) is 0 Å². The number of fused-ring (bicyclic) bond motifs is 1. The second-order valence-corrected chi connectivity index (χ2v) is 4.85. The minimum atomic E-state index is -0.831. The number of esters is 1. The number of amides is 1. The normalized spacial score (nSPS) is 11.9. The van der Waals surface area contributed by atoms with Crippen LogP contribution in [0.5, 0.6) is 11.5 Å². The van der Waals surface area contributed by atoms with Gasteiger partial charge in [-0.15, -0.1) is 0 Å². The van der Waals surface area contributed by atoms with Crippen molar-refractivity contribution in [3.63, 3.8) is 0 Å². The van der Waals surface area contributed by atoms with Crippen molar-refractivity contribution in [1.82, 2.24) is 0 Å². The summed E-state index contributed by atoms with van der Waals surface area (Å²) in [5, 5.41) is 2.23. The van der Waals surface area contributed by atoms with Gasteiger partial charge in [-0.1, -0.05) is 0 Å². The van der Waals surface area contributed by atoms with Gasteiger partial charge in [-0.05, 0) is 30.3 Å². The predicted octanol–water partition coefficient (Wildman–Crippen LogP) is 2.49. The molecular weight excluding hydrogens is 324 g/mol. The van der Waals surface area contributed by atoms with Crippen molar-refractivity contribution < 1.29 is 32.6 Å². The summed E-state index contributed by atoms with van der Waals surface area (Å²) in [6.45, 7) is -0.536. The van der Waals surface area contributed by atoms with Crippen LogP contribution in [0.4, 0.5) is 14.5 Å². The van der Waals surface area contributed by atoms with Gasteiger partial charge >= 0.3 is 5.97 Å². The van der Waals surface area contributed by atoms with Gasteiger partial charge in [-0.25, -0.2) is 13.6 Å². The van der Waals surface area contributed by atoms with E-state index in [9.17, 15) is 18.4 Å². The van der Waals surface area contributed by atoms with Crippen LogP contribution in [-0.2, 0) is 9.53 Å². The standard InChI is InChI=1S/C16H11F2NO5/c17-10-4-11(18)6-12(5-10)19-15(20)7-22-16(21)9-1-2-13-14(3-9)24-8-23-13/h1-6H,7-8H2,(H,19,20). The third-order valence-electron chi connectivity index (χ3n) is 3.09. The van der Waals surface area contributed by atoms with Crippen LogP contribution >= 0.6 is 0 Å². The molecule has 0 aromatic heterocycles. The van der Waals surface area contributed by atoms with Crippen LogP contribution in [0.3, 0.4) is 0 Å². The molecule has 124 valence electrons. The Morgan fingerprint density at radius 2 is 1.75 bits per heavy atom. The zero-order valence-electron chi connectivity index (χ0n) is 12.2. The molecule has 1 amide bonds. The van der Waals surface area contributed by atoms with E-state index in [0.29, 0.717) is 17.6 Å². The fourth-order valence-corrected chi connectivity index (χ4v) is 2.06. The van der Waals surface area contributed by atoms with Crippen LogP contribution in [0, 0.1) is 11.6 Å². The van der Waals surface area contributed by atoms with E-state index < -0.39 is 30.1 Å². The first-order chi connectivity index (χ1) is 11.5. The molecular formula is C16H11F2NO5. The highest BCUT2D eigenvalue weighted by Gasteiger charge is 2.17. The molecule has 0 radical (unpaired) electrons. The Morgan fingerprint density at radius 1 is 1.04 bits per heavy atom. The van der Waals surface area contributed by atoms with E-state index in [4.69, 9.17) is 14.2 Å². The molecule has 0 bridgehead atoms. The van der Waals surface area contributed by atoms with Gasteiger partial charge in [0.15, 0.2) is 18.1 Å². The number of carbonyl (C=O) groups excluding carboxylic acids is 2. The van der Waals surface area contributed by atoms with E-state index in [-0.39, 0.29) is 18.0 Å². The van der Waals surface area contributed by atoms with Gasteiger partial charge in [-0.3, -0.25) is 4.79 Å². The Bertz CT molecular complexity index is 789. The van der Waals surface area contributed by atoms with E-state index in [1.807, 2.05) is 0 Å². The smallest absolute Gasteiger partial charge is 0.338 e. The van der Waals surface area contributed by atoms with Gasteiger partial charge in [-0.2, -0.15) is 0 Å². The summed E-state index contributed by atoms with van der Waals surface area (Å²) in [5.41, 5.74) is 0.112. The highest BCUT2D eigenvalue weighted by molar-refractivity contribution is 5.95. The maximum atomic E-state index is 13.0. The molecule has 0 aliphatic carbocycles. The van der Waals surface area contributed by atoms with Crippen LogP contribution in [0.1, 0.15) is 10.4 Å². The minimum Gasteiger partial charge on any atom is -0.454 e. The topological polar surface area (TPSA) is 73.9 Å². The molecule has 1 N–H and O–H groups in total. The molecule has 6 nitrogen and oxygen atoms in total. The molecule has 0 unspecified atom stereocenters. The number of carbonyl (C=O) groups is 2. The second kappa shape index (κ2) is 6.53. The SMILES string of the molecule is O=C(COC(=O)c1ccc2c(c1)OCO2)Nc1cc(F)cc(F)c1. The number of anilines is 1. The lowest BCUT2D eigenvalue weighted by atomic mass is 10.2. The number of nitrogens with one attached hydrogen (secondary N) is 1. The molecule has 2 aromatic carbocycles. The first kappa shape index (κ1) is 15.7. The Morgan fingerprint density at radius 3 is 2.50 bits per heavy atom. The summed E-state index contributed by atoms with van der Waals surface area (Å²) < 4.78 is 41.1. The number of benzene rings is 2. The lowest BCUT2D eigenvalue weighted by Crippen LogP contribution is -2.21. The maximum absolute atomic E-state index is 13.0. The Hall–Kier alpha value is -3.16. The number of ether oxygens (including phenoxy) is 3. The van der Waals surface area contributed by atoms with Crippen molar-refractivity contribution in [2.75, 3.05) is 18.7 Å². The zero-order chi connectivity index (χ0) is 17.1. The number of hydrogen-bond acceptors (Lipinski definition) is 5. The second-order valence-electron chi connectivity index (χ2n) is 4.85. The molecule has 1 aliphatic heterocycles. The van der Waals surface area contributed by atoms with Gasteiger partial charge in [0.25, 0.3) is 5.91 Å². The van der Waals surface area contributed by atoms with E-state index in [2.05, 4.69) is 5.32 Å². The summed E-state index contributed by atoms with van der Waals surface area (Å²) in [6.07, 6.45) is 0. The number of hydrogen-bond donors (Lipinski definition) is 1. The van der Waals surface area contributed by atoms with Crippen LogP contribution in [0.15, 0.2) is 36.4 Å². The predicted molar refractivity (Wildman–Crippen MR) is 77.8 cm³/mol. The Balaban J connectivity index is 1.56. The Labute approximate surface area is 134 Å². The highest BCUT2D eigenvalue weighted by atomic mass is 19.1. The third kappa shape index (κ3) is 3.60. The number of rotatable bonds is 4. The molecule has 3 rings (SSSR count). The van der Waals surface area contributed by atoms with Crippen LogP contribution in [-0.4, -0.2) is 25.3 Å². The van der Waals surface area contributed by atoms with Crippen LogP contribution in [0.2, 0.25) is 0 Å². The number of halogens is 2. The molecule has 0 saturated carbocycles. The fraction of sp³-hybridized carbons (Fsp3) is 0.125. The van der Waals surface area contributed by atoms with Crippen molar-refractivity contribution in [2.45, 2.75) is 0 Å². The van der Waals surface area contributed by atoms with E-state index in [0.717, 1.165) is 12.1 Å².